The van der Waals surface area contributed by atoms with Crippen LogP contribution in [0.25, 0.3) is 11.0 Å². The summed E-state index contributed by atoms with van der Waals surface area (Å²) in [7, 11) is 0. The van der Waals surface area contributed by atoms with Crippen LogP contribution in [0.5, 0.6) is 0 Å². The summed E-state index contributed by atoms with van der Waals surface area (Å²) in [6.45, 7) is 2.06. The molecule has 0 aliphatic carbocycles. The van der Waals surface area contributed by atoms with E-state index in [0.717, 1.165) is 5.56 Å². The average molecular weight is 422 g/mol. The minimum Gasteiger partial charge on any atom is -0.460 e. The summed E-state index contributed by atoms with van der Waals surface area (Å²) in [5.74, 6) is 0.617. The van der Waals surface area contributed by atoms with Crippen LogP contribution in [-0.2, 0) is 0 Å². The molecular formula is C18H14Br2O2. The molecule has 3 rings (SSSR count). The molecule has 2 aromatic carbocycles. The minimum absolute atomic E-state index is 0.0115. The lowest BCUT2D eigenvalue weighted by molar-refractivity contribution is 0.531. The van der Waals surface area contributed by atoms with Crippen molar-refractivity contribution in [1.82, 2.24) is 0 Å². The monoisotopic (exact) mass is 420 g/mol. The molecular weight excluding hydrogens is 408 g/mol. The van der Waals surface area contributed by atoms with Crippen LogP contribution in [0, 0.1) is 6.92 Å². The Morgan fingerprint density at radius 2 is 1.64 bits per heavy atom. The van der Waals surface area contributed by atoms with Gasteiger partial charge < -0.3 is 4.42 Å². The van der Waals surface area contributed by atoms with E-state index in [1.54, 1.807) is 12.1 Å². The highest BCUT2D eigenvalue weighted by Crippen LogP contribution is 2.42. The van der Waals surface area contributed by atoms with Crippen LogP contribution >= 0.6 is 31.9 Å². The molecule has 112 valence electrons. The fraction of sp³-hybridized carbons (Fsp3) is 0.167. The molecule has 2 nitrogen and oxygen atoms in total. The van der Waals surface area contributed by atoms with E-state index < -0.39 is 0 Å². The maximum atomic E-state index is 12.2. The molecule has 0 N–H and O–H groups in total. The standard InChI is InChI=1S/C18H14Br2O2/c1-11-6-8-12(9-7-11)17(19)18(20)16-10-14(21)13-4-2-3-5-15(13)22-16/h2-10,17-18H,1H3/t17-,18+/m1/s1. The van der Waals surface area contributed by atoms with Gasteiger partial charge in [-0.25, -0.2) is 0 Å². The van der Waals surface area contributed by atoms with Gasteiger partial charge in [-0.05, 0) is 24.6 Å². The summed E-state index contributed by atoms with van der Waals surface area (Å²) in [5, 5.41) is 0.604. The van der Waals surface area contributed by atoms with Crippen LogP contribution < -0.4 is 5.43 Å². The number of fused-ring (bicyclic) bond motifs is 1. The lowest BCUT2D eigenvalue weighted by Gasteiger charge is -2.17. The molecule has 0 aliphatic rings. The number of benzene rings is 2. The average Bonchev–Trinajstić information content (AvgIpc) is 2.54. The third-order valence-corrected chi connectivity index (χ3v) is 6.32. The van der Waals surface area contributed by atoms with Crippen molar-refractivity contribution in [3.05, 3.63) is 81.7 Å². The second-order valence-corrected chi connectivity index (χ2v) is 7.20. The van der Waals surface area contributed by atoms with Gasteiger partial charge in [-0.2, -0.15) is 0 Å². The van der Waals surface area contributed by atoms with Gasteiger partial charge in [0.1, 0.15) is 11.3 Å². The van der Waals surface area contributed by atoms with Gasteiger partial charge in [-0.15, -0.1) is 0 Å². The number of alkyl halides is 2. The van der Waals surface area contributed by atoms with E-state index in [1.807, 2.05) is 18.2 Å². The molecule has 0 fully saturated rings. The summed E-state index contributed by atoms with van der Waals surface area (Å²) in [5.41, 5.74) is 2.93. The lowest BCUT2D eigenvalue weighted by Crippen LogP contribution is -2.06. The van der Waals surface area contributed by atoms with E-state index in [2.05, 4.69) is 63.0 Å². The van der Waals surface area contributed by atoms with Gasteiger partial charge in [-0.1, -0.05) is 73.8 Å². The Morgan fingerprint density at radius 1 is 0.955 bits per heavy atom. The number of hydrogen-bond acceptors (Lipinski definition) is 2. The van der Waals surface area contributed by atoms with Crippen LogP contribution in [0.4, 0.5) is 0 Å². The number of halogens is 2. The third kappa shape index (κ3) is 3.03. The number of aryl methyl sites for hydroxylation is 1. The first-order valence-electron chi connectivity index (χ1n) is 6.94. The van der Waals surface area contributed by atoms with E-state index in [4.69, 9.17) is 4.42 Å². The van der Waals surface area contributed by atoms with Crippen molar-refractivity contribution in [1.29, 1.82) is 0 Å². The van der Waals surface area contributed by atoms with Crippen LogP contribution in [-0.4, -0.2) is 0 Å². The van der Waals surface area contributed by atoms with Gasteiger partial charge in [0.25, 0.3) is 0 Å². The summed E-state index contributed by atoms with van der Waals surface area (Å²) >= 11 is 7.34. The fourth-order valence-electron chi connectivity index (χ4n) is 2.32. The molecule has 3 aromatic rings. The Bertz CT molecular complexity index is 853. The zero-order chi connectivity index (χ0) is 15.7. The molecule has 0 amide bonds. The van der Waals surface area contributed by atoms with Crippen molar-refractivity contribution in [3.8, 4) is 0 Å². The number of rotatable bonds is 3. The predicted octanol–water partition coefficient (Wildman–Crippen LogP) is 5.67. The summed E-state index contributed by atoms with van der Waals surface area (Å²) < 4.78 is 5.89. The summed E-state index contributed by atoms with van der Waals surface area (Å²) in [6, 6.07) is 17.1. The zero-order valence-electron chi connectivity index (χ0n) is 11.9. The van der Waals surface area contributed by atoms with Gasteiger partial charge in [-0.3, -0.25) is 4.79 Å². The SMILES string of the molecule is Cc1ccc([C@@H](Br)[C@@H](Br)c2cc(=O)c3ccccc3o2)cc1. The van der Waals surface area contributed by atoms with Gasteiger partial charge in [0.2, 0.25) is 0 Å². The smallest absolute Gasteiger partial charge is 0.192 e. The molecule has 0 spiro atoms. The maximum Gasteiger partial charge on any atom is 0.192 e. The van der Waals surface area contributed by atoms with Crippen LogP contribution in [0.1, 0.15) is 26.5 Å². The lowest BCUT2D eigenvalue weighted by atomic mass is 10.1. The highest BCUT2D eigenvalue weighted by atomic mass is 79.9. The van der Waals surface area contributed by atoms with E-state index >= 15 is 0 Å². The van der Waals surface area contributed by atoms with Crippen molar-refractivity contribution in [2.45, 2.75) is 16.6 Å². The zero-order valence-corrected chi connectivity index (χ0v) is 15.1. The first-order chi connectivity index (χ1) is 10.6. The Hall–Kier alpha value is -1.39. The quantitative estimate of drug-likeness (QED) is 0.509. The van der Waals surface area contributed by atoms with Crippen LogP contribution in [0.2, 0.25) is 0 Å². The van der Waals surface area contributed by atoms with Crippen LogP contribution in [0.15, 0.2) is 63.8 Å². The van der Waals surface area contributed by atoms with E-state index in [0.29, 0.717) is 16.7 Å². The first-order valence-corrected chi connectivity index (χ1v) is 8.77. The molecule has 0 bridgehead atoms. The van der Waals surface area contributed by atoms with Crippen LogP contribution in [0.3, 0.4) is 0 Å². The van der Waals surface area contributed by atoms with Crippen molar-refractivity contribution in [2.24, 2.45) is 0 Å². The van der Waals surface area contributed by atoms with Crippen molar-refractivity contribution in [2.75, 3.05) is 0 Å². The first kappa shape index (κ1) is 15.5. The Morgan fingerprint density at radius 3 is 2.36 bits per heavy atom. The predicted molar refractivity (Wildman–Crippen MR) is 97.0 cm³/mol. The molecule has 1 heterocycles. The Balaban J connectivity index is 1.99. The summed E-state index contributed by atoms with van der Waals surface area (Å²) in [6.07, 6.45) is 0. The van der Waals surface area contributed by atoms with Crippen molar-refractivity contribution < 1.29 is 4.42 Å². The molecule has 0 radical (unpaired) electrons. The van der Waals surface area contributed by atoms with Gasteiger partial charge in [0, 0.05) is 6.07 Å². The minimum atomic E-state index is -0.132. The molecule has 0 aliphatic heterocycles. The van der Waals surface area contributed by atoms with Crippen molar-refractivity contribution >= 4 is 42.8 Å². The number of hydrogen-bond donors (Lipinski definition) is 0. The second-order valence-electron chi connectivity index (χ2n) is 5.22. The molecule has 2 atom stereocenters. The molecule has 0 saturated carbocycles. The highest BCUT2D eigenvalue weighted by Gasteiger charge is 2.23. The molecule has 0 saturated heterocycles. The highest BCUT2D eigenvalue weighted by molar-refractivity contribution is 9.12. The van der Waals surface area contributed by atoms with E-state index in [1.165, 1.54) is 5.56 Å². The second kappa shape index (κ2) is 6.39. The van der Waals surface area contributed by atoms with E-state index in [9.17, 15) is 4.79 Å². The molecule has 1 aromatic heterocycles. The molecule has 0 unspecified atom stereocenters. The normalized spacial score (nSPS) is 14.0. The summed E-state index contributed by atoms with van der Waals surface area (Å²) in [4.78, 5) is 12.1. The van der Waals surface area contributed by atoms with Gasteiger partial charge >= 0.3 is 0 Å². The van der Waals surface area contributed by atoms with Gasteiger partial charge in [0.05, 0.1) is 15.0 Å². The topological polar surface area (TPSA) is 30.2 Å². The van der Waals surface area contributed by atoms with Crippen molar-refractivity contribution in [3.63, 3.8) is 0 Å². The maximum absolute atomic E-state index is 12.2. The van der Waals surface area contributed by atoms with Gasteiger partial charge in [0.15, 0.2) is 5.43 Å². The number of para-hydroxylation sites is 1. The molecule has 22 heavy (non-hydrogen) atoms. The third-order valence-electron chi connectivity index (χ3n) is 3.58. The van der Waals surface area contributed by atoms with E-state index in [-0.39, 0.29) is 15.1 Å². The Labute approximate surface area is 145 Å². The Kier molecular flexibility index (Phi) is 4.50. The fourth-order valence-corrected chi connectivity index (χ4v) is 3.42. The largest absolute Gasteiger partial charge is 0.460 e. The molecule has 4 heteroatoms.